The number of carbonyl (C=O) groups excluding carboxylic acids is 1. The van der Waals surface area contributed by atoms with Crippen molar-refractivity contribution >= 4 is 13.8 Å². The number of benzene rings is 1. The molecule has 0 fully saturated rings. The fraction of sp³-hybridized carbons (Fsp3) is 0.300. The van der Waals surface area contributed by atoms with Gasteiger partial charge in [-0.3, -0.25) is 4.52 Å². The highest BCUT2D eigenvalue weighted by Gasteiger charge is 2.15. The highest BCUT2D eigenvalue weighted by molar-refractivity contribution is 7.46. The van der Waals surface area contributed by atoms with Crippen LogP contribution in [0.2, 0.25) is 0 Å². The van der Waals surface area contributed by atoms with Gasteiger partial charge in [0.15, 0.2) is 0 Å². The van der Waals surface area contributed by atoms with Gasteiger partial charge in [-0.05, 0) is 18.1 Å². The lowest BCUT2D eigenvalue weighted by molar-refractivity contribution is 0.0599. The molecule has 0 atom stereocenters. The topological polar surface area (TPSA) is 93.1 Å². The van der Waals surface area contributed by atoms with E-state index in [2.05, 4.69) is 9.26 Å². The van der Waals surface area contributed by atoms with E-state index in [1.165, 1.54) is 7.11 Å². The van der Waals surface area contributed by atoms with Crippen LogP contribution in [0.25, 0.3) is 0 Å². The first kappa shape index (κ1) is 13.9. The number of rotatable bonds is 5. The third-order valence-corrected chi connectivity index (χ3v) is 2.57. The largest absolute Gasteiger partial charge is 0.469 e. The Morgan fingerprint density at radius 3 is 2.59 bits per heavy atom. The smallest absolute Gasteiger partial charge is 0.465 e. The van der Waals surface area contributed by atoms with E-state index in [9.17, 15) is 9.36 Å². The molecule has 6 nitrogen and oxygen atoms in total. The number of carbonyl (C=O) groups is 1. The van der Waals surface area contributed by atoms with E-state index >= 15 is 0 Å². The molecule has 0 unspecified atom stereocenters. The summed E-state index contributed by atoms with van der Waals surface area (Å²) in [5.74, 6) is -0.489. The van der Waals surface area contributed by atoms with Gasteiger partial charge in [0.2, 0.25) is 0 Å². The molecule has 17 heavy (non-hydrogen) atoms. The molecule has 0 aliphatic heterocycles. The van der Waals surface area contributed by atoms with Crippen molar-refractivity contribution < 1.29 is 28.4 Å². The van der Waals surface area contributed by atoms with E-state index < -0.39 is 13.8 Å². The Morgan fingerprint density at radius 2 is 2.00 bits per heavy atom. The molecule has 0 aliphatic carbocycles. The van der Waals surface area contributed by atoms with Crippen molar-refractivity contribution in [2.45, 2.75) is 6.42 Å². The second-order valence-corrected chi connectivity index (χ2v) is 4.46. The number of phosphoric ester groups is 1. The van der Waals surface area contributed by atoms with Gasteiger partial charge in [-0.2, -0.15) is 0 Å². The molecule has 0 aromatic heterocycles. The molecule has 7 heteroatoms. The van der Waals surface area contributed by atoms with E-state index in [1.54, 1.807) is 24.3 Å². The maximum Gasteiger partial charge on any atom is 0.469 e. The Hall–Kier alpha value is -1.20. The minimum Gasteiger partial charge on any atom is -0.465 e. The van der Waals surface area contributed by atoms with Crippen LogP contribution in [-0.4, -0.2) is 29.5 Å². The van der Waals surface area contributed by atoms with Crippen LogP contribution in [0.5, 0.6) is 0 Å². The van der Waals surface area contributed by atoms with E-state index in [-0.39, 0.29) is 13.0 Å². The van der Waals surface area contributed by atoms with Crippen LogP contribution in [0, 0.1) is 0 Å². The summed E-state index contributed by atoms with van der Waals surface area (Å²) >= 11 is 0. The average Bonchev–Trinajstić information content (AvgIpc) is 2.27. The second kappa shape index (κ2) is 5.93. The van der Waals surface area contributed by atoms with Crippen molar-refractivity contribution in [3.63, 3.8) is 0 Å². The van der Waals surface area contributed by atoms with E-state index in [4.69, 9.17) is 9.79 Å². The van der Waals surface area contributed by atoms with Gasteiger partial charge in [0.1, 0.15) is 0 Å². The van der Waals surface area contributed by atoms with Crippen LogP contribution in [0.4, 0.5) is 0 Å². The summed E-state index contributed by atoms with van der Waals surface area (Å²) in [6.07, 6.45) is 0.219. The lowest BCUT2D eigenvalue weighted by Gasteiger charge is -2.08. The predicted octanol–water partition coefficient (Wildman–Crippen LogP) is 1.12. The van der Waals surface area contributed by atoms with Crippen molar-refractivity contribution in [2.75, 3.05) is 13.7 Å². The molecule has 0 amide bonds. The van der Waals surface area contributed by atoms with Gasteiger partial charge in [0.25, 0.3) is 0 Å². The molecule has 1 rings (SSSR count). The standard InChI is InChI=1S/C10H13O6P/c1-15-10(11)9-5-3-2-4-8(9)6-7-16-17(12,13)14/h2-5H,6-7H2,1H3,(H2,12,13,14). The summed E-state index contributed by atoms with van der Waals surface area (Å²) in [5, 5.41) is 0. The lowest BCUT2D eigenvalue weighted by Crippen LogP contribution is -2.07. The number of hydrogen-bond acceptors (Lipinski definition) is 4. The van der Waals surface area contributed by atoms with Crippen LogP contribution in [-0.2, 0) is 20.2 Å². The maximum atomic E-state index is 11.4. The van der Waals surface area contributed by atoms with E-state index in [0.29, 0.717) is 11.1 Å². The van der Waals surface area contributed by atoms with E-state index in [1.807, 2.05) is 0 Å². The summed E-state index contributed by atoms with van der Waals surface area (Å²) in [6.45, 7) is -0.168. The monoisotopic (exact) mass is 260 g/mol. The zero-order valence-electron chi connectivity index (χ0n) is 9.20. The lowest BCUT2D eigenvalue weighted by atomic mass is 10.1. The molecule has 1 aromatic rings. The normalized spacial score (nSPS) is 11.2. The molecule has 0 aliphatic rings. The van der Waals surface area contributed by atoms with Gasteiger partial charge in [-0.25, -0.2) is 9.36 Å². The van der Waals surface area contributed by atoms with Crippen molar-refractivity contribution in [2.24, 2.45) is 0 Å². The molecule has 0 bridgehead atoms. The van der Waals surface area contributed by atoms with Crippen molar-refractivity contribution in [3.05, 3.63) is 35.4 Å². The summed E-state index contributed by atoms with van der Waals surface area (Å²) in [5.41, 5.74) is 0.983. The fourth-order valence-corrected chi connectivity index (χ4v) is 1.65. The van der Waals surface area contributed by atoms with Crippen LogP contribution in [0.3, 0.4) is 0 Å². The van der Waals surface area contributed by atoms with Crippen molar-refractivity contribution in [3.8, 4) is 0 Å². The maximum absolute atomic E-state index is 11.4. The average molecular weight is 260 g/mol. The first-order valence-corrected chi connectivity index (χ1v) is 6.33. The third-order valence-electron chi connectivity index (χ3n) is 2.05. The van der Waals surface area contributed by atoms with Gasteiger partial charge in [-0.15, -0.1) is 0 Å². The zero-order chi connectivity index (χ0) is 12.9. The van der Waals surface area contributed by atoms with Crippen LogP contribution in [0.1, 0.15) is 15.9 Å². The molecule has 94 valence electrons. The number of methoxy groups -OCH3 is 1. The second-order valence-electron chi connectivity index (χ2n) is 3.22. The van der Waals surface area contributed by atoms with Crippen molar-refractivity contribution in [1.82, 2.24) is 0 Å². The minimum atomic E-state index is -4.46. The summed E-state index contributed by atoms with van der Waals surface area (Å²) < 4.78 is 19.4. The summed E-state index contributed by atoms with van der Waals surface area (Å²) in [4.78, 5) is 28.4. The molecule has 0 heterocycles. The number of phosphoric acid groups is 1. The number of hydrogen-bond donors (Lipinski definition) is 2. The molecular formula is C10H13O6P. The van der Waals surface area contributed by atoms with E-state index in [0.717, 1.165) is 0 Å². The molecule has 2 N–H and O–H groups in total. The van der Waals surface area contributed by atoms with Gasteiger partial charge in [0, 0.05) is 0 Å². The quantitative estimate of drug-likeness (QED) is 0.608. The Bertz CT molecular complexity index is 438. The highest BCUT2D eigenvalue weighted by atomic mass is 31.2. The van der Waals surface area contributed by atoms with Crippen LogP contribution >= 0.6 is 7.82 Å². The fourth-order valence-electron chi connectivity index (χ4n) is 1.32. The summed E-state index contributed by atoms with van der Waals surface area (Å²) in [6, 6.07) is 6.66. The van der Waals surface area contributed by atoms with Gasteiger partial charge in [-0.1, -0.05) is 18.2 Å². The highest BCUT2D eigenvalue weighted by Crippen LogP contribution is 2.35. The van der Waals surface area contributed by atoms with Gasteiger partial charge >= 0.3 is 13.8 Å². The summed E-state index contributed by atoms with van der Waals surface area (Å²) in [7, 11) is -3.20. The molecule has 0 spiro atoms. The molecule has 0 saturated heterocycles. The third kappa shape index (κ3) is 4.66. The molecule has 0 saturated carbocycles. The Balaban J connectivity index is 2.71. The minimum absolute atomic E-state index is 0.168. The number of ether oxygens (including phenoxy) is 1. The first-order chi connectivity index (χ1) is 7.94. The predicted molar refractivity (Wildman–Crippen MR) is 59.5 cm³/mol. The number of esters is 1. The van der Waals surface area contributed by atoms with Crippen LogP contribution in [0.15, 0.2) is 24.3 Å². The Morgan fingerprint density at radius 1 is 1.35 bits per heavy atom. The molecule has 0 radical (unpaired) electrons. The van der Waals surface area contributed by atoms with Crippen molar-refractivity contribution in [1.29, 1.82) is 0 Å². The van der Waals surface area contributed by atoms with Crippen LogP contribution < -0.4 is 0 Å². The zero-order valence-corrected chi connectivity index (χ0v) is 10.1. The Kier molecular flexibility index (Phi) is 4.84. The first-order valence-electron chi connectivity index (χ1n) is 4.80. The van der Waals surface area contributed by atoms with Gasteiger partial charge < -0.3 is 14.5 Å². The molecule has 1 aromatic carbocycles. The molecular weight excluding hydrogens is 247 g/mol. The van der Waals surface area contributed by atoms with Gasteiger partial charge in [0.05, 0.1) is 19.3 Å². The Labute approximate surface area is 98.4 Å². The SMILES string of the molecule is COC(=O)c1ccccc1CCOP(=O)(O)O.